The van der Waals surface area contributed by atoms with E-state index in [0.717, 1.165) is 31.1 Å². The van der Waals surface area contributed by atoms with E-state index in [1.807, 2.05) is 12.1 Å². The topological polar surface area (TPSA) is 54.3 Å². The number of piperazine rings is 1. The molecule has 0 bridgehead atoms. The second-order valence-electron chi connectivity index (χ2n) is 5.88. The lowest BCUT2D eigenvalue weighted by atomic mass is 10.2. The Balaban J connectivity index is 2.04. The van der Waals surface area contributed by atoms with E-state index < -0.39 is 0 Å². The van der Waals surface area contributed by atoms with E-state index in [-0.39, 0.29) is 5.56 Å². The third kappa shape index (κ3) is 2.74. The van der Waals surface area contributed by atoms with Crippen molar-refractivity contribution in [1.29, 1.82) is 0 Å². The first kappa shape index (κ1) is 14.7. The van der Waals surface area contributed by atoms with Crippen molar-refractivity contribution in [2.24, 2.45) is 7.05 Å². The van der Waals surface area contributed by atoms with Crippen LogP contribution < -0.4 is 10.5 Å². The maximum absolute atomic E-state index is 12.3. The van der Waals surface area contributed by atoms with Crippen LogP contribution in [0.5, 0.6) is 0 Å². The number of nitrogens with zero attached hydrogens (tertiary/aromatic N) is 5. The van der Waals surface area contributed by atoms with Crippen molar-refractivity contribution in [3.8, 4) is 11.3 Å². The van der Waals surface area contributed by atoms with E-state index in [4.69, 9.17) is 4.98 Å². The molecule has 3 rings (SSSR count). The van der Waals surface area contributed by atoms with Gasteiger partial charge in [-0.1, -0.05) is 0 Å². The van der Waals surface area contributed by atoms with E-state index in [1.54, 1.807) is 30.1 Å². The first-order chi connectivity index (χ1) is 10.6. The van der Waals surface area contributed by atoms with Gasteiger partial charge in [0.15, 0.2) is 0 Å². The molecule has 0 saturated carbocycles. The quantitative estimate of drug-likeness (QED) is 0.827. The van der Waals surface area contributed by atoms with Crippen LogP contribution in [0.2, 0.25) is 0 Å². The van der Waals surface area contributed by atoms with Gasteiger partial charge < -0.3 is 9.80 Å². The molecule has 1 aliphatic heterocycles. The van der Waals surface area contributed by atoms with E-state index in [9.17, 15) is 4.79 Å². The molecule has 0 amide bonds. The molecule has 3 heterocycles. The van der Waals surface area contributed by atoms with E-state index in [1.165, 1.54) is 0 Å². The van der Waals surface area contributed by atoms with Gasteiger partial charge in [0.25, 0.3) is 5.56 Å². The van der Waals surface area contributed by atoms with Crippen molar-refractivity contribution in [1.82, 2.24) is 19.4 Å². The third-order valence-corrected chi connectivity index (χ3v) is 4.17. The van der Waals surface area contributed by atoms with E-state index in [2.05, 4.69) is 28.8 Å². The summed E-state index contributed by atoms with van der Waals surface area (Å²) < 4.78 is 1.63. The van der Waals surface area contributed by atoms with Crippen LogP contribution in [0.3, 0.4) is 0 Å². The van der Waals surface area contributed by atoms with Crippen molar-refractivity contribution < 1.29 is 0 Å². The van der Waals surface area contributed by atoms with Crippen molar-refractivity contribution in [3.63, 3.8) is 0 Å². The highest BCUT2D eigenvalue weighted by molar-refractivity contribution is 5.59. The minimum Gasteiger partial charge on any atom is -0.337 e. The summed E-state index contributed by atoms with van der Waals surface area (Å²) >= 11 is 0. The molecular weight excluding hydrogens is 278 g/mol. The van der Waals surface area contributed by atoms with Crippen LogP contribution in [0.25, 0.3) is 11.3 Å². The number of likely N-dealkylation sites (N-methyl/N-ethyl adjacent to an activating group) is 1. The minimum absolute atomic E-state index is 0.0389. The van der Waals surface area contributed by atoms with Crippen LogP contribution in [-0.4, -0.2) is 52.2 Å². The summed E-state index contributed by atoms with van der Waals surface area (Å²) in [5.74, 6) is 0.736. The number of hydrogen-bond donors (Lipinski definition) is 0. The molecule has 0 radical (unpaired) electrons. The molecule has 2 aromatic rings. The van der Waals surface area contributed by atoms with Crippen LogP contribution in [-0.2, 0) is 7.05 Å². The maximum Gasteiger partial charge on any atom is 0.255 e. The summed E-state index contributed by atoms with van der Waals surface area (Å²) in [7, 11) is 3.90. The molecule has 0 spiro atoms. The van der Waals surface area contributed by atoms with Gasteiger partial charge in [0, 0.05) is 56.7 Å². The molecule has 0 aromatic carbocycles. The molecule has 1 saturated heterocycles. The highest BCUT2D eigenvalue weighted by Gasteiger charge is 2.25. The van der Waals surface area contributed by atoms with Gasteiger partial charge in [0.05, 0.1) is 5.69 Å². The fourth-order valence-electron chi connectivity index (χ4n) is 2.89. The Bertz CT molecular complexity index is 712. The summed E-state index contributed by atoms with van der Waals surface area (Å²) in [5, 5.41) is 0. The van der Waals surface area contributed by atoms with Crippen molar-refractivity contribution >= 4 is 5.95 Å². The fourth-order valence-corrected chi connectivity index (χ4v) is 2.89. The Morgan fingerprint density at radius 3 is 2.59 bits per heavy atom. The monoisotopic (exact) mass is 299 g/mol. The molecular formula is C16H21N5O. The predicted molar refractivity (Wildman–Crippen MR) is 87.0 cm³/mol. The maximum atomic E-state index is 12.3. The molecule has 6 nitrogen and oxygen atoms in total. The first-order valence-corrected chi connectivity index (χ1v) is 7.50. The van der Waals surface area contributed by atoms with Gasteiger partial charge in [0.2, 0.25) is 5.95 Å². The van der Waals surface area contributed by atoms with Crippen molar-refractivity contribution in [2.45, 2.75) is 13.0 Å². The molecule has 116 valence electrons. The number of aromatic nitrogens is 3. The number of rotatable bonds is 2. The minimum atomic E-state index is -0.0389. The highest BCUT2D eigenvalue weighted by atomic mass is 16.1. The molecule has 1 unspecified atom stereocenters. The van der Waals surface area contributed by atoms with Gasteiger partial charge >= 0.3 is 0 Å². The van der Waals surface area contributed by atoms with Gasteiger partial charge in [0.1, 0.15) is 0 Å². The number of hydrogen-bond acceptors (Lipinski definition) is 5. The molecule has 1 fully saturated rings. The zero-order valence-electron chi connectivity index (χ0n) is 13.2. The van der Waals surface area contributed by atoms with Crippen LogP contribution in [0, 0.1) is 0 Å². The average Bonchev–Trinajstić information content (AvgIpc) is 2.51. The number of pyridine rings is 1. The molecule has 6 heteroatoms. The second-order valence-corrected chi connectivity index (χ2v) is 5.88. The molecule has 1 atom stereocenters. The molecule has 2 aromatic heterocycles. The van der Waals surface area contributed by atoms with Crippen molar-refractivity contribution in [2.75, 3.05) is 31.6 Å². The first-order valence-electron chi connectivity index (χ1n) is 7.50. The standard InChI is InChI=1S/C16H21N5O/c1-12-11-19(2)8-9-21(12)16-18-14(10-15(22)20(16)3)13-4-6-17-7-5-13/h4-7,10,12H,8-9,11H2,1-3H3. The van der Waals surface area contributed by atoms with Gasteiger partial charge in [-0.15, -0.1) is 0 Å². The van der Waals surface area contributed by atoms with E-state index >= 15 is 0 Å². The summed E-state index contributed by atoms with van der Waals surface area (Å²) in [5.41, 5.74) is 1.57. The van der Waals surface area contributed by atoms with Crippen LogP contribution in [0.4, 0.5) is 5.95 Å². The highest BCUT2D eigenvalue weighted by Crippen LogP contribution is 2.20. The largest absolute Gasteiger partial charge is 0.337 e. The van der Waals surface area contributed by atoms with E-state index in [0.29, 0.717) is 11.7 Å². The third-order valence-electron chi connectivity index (χ3n) is 4.17. The van der Waals surface area contributed by atoms with Crippen LogP contribution >= 0.6 is 0 Å². The summed E-state index contributed by atoms with van der Waals surface area (Å²) in [6.07, 6.45) is 3.43. The number of anilines is 1. The predicted octanol–water partition coefficient (Wildman–Crippen LogP) is 0.983. The Labute approximate surface area is 130 Å². The Morgan fingerprint density at radius 1 is 1.18 bits per heavy atom. The molecule has 1 aliphatic rings. The second kappa shape index (κ2) is 5.88. The lowest BCUT2D eigenvalue weighted by molar-refractivity contribution is 0.272. The van der Waals surface area contributed by atoms with Gasteiger partial charge in [-0.2, -0.15) is 0 Å². The van der Waals surface area contributed by atoms with Crippen molar-refractivity contribution in [3.05, 3.63) is 40.9 Å². The lowest BCUT2D eigenvalue weighted by Crippen LogP contribution is -2.52. The zero-order valence-corrected chi connectivity index (χ0v) is 13.2. The summed E-state index contributed by atoms with van der Waals surface area (Å²) in [6, 6.07) is 5.65. The fraction of sp³-hybridized carbons (Fsp3) is 0.438. The SMILES string of the molecule is CC1CN(C)CCN1c1nc(-c2ccncc2)cc(=O)n1C. The van der Waals surface area contributed by atoms with Gasteiger partial charge in [-0.05, 0) is 26.1 Å². The Kier molecular flexibility index (Phi) is 3.94. The van der Waals surface area contributed by atoms with Gasteiger partial charge in [-0.3, -0.25) is 14.3 Å². The molecule has 22 heavy (non-hydrogen) atoms. The molecule has 0 N–H and O–H groups in total. The van der Waals surface area contributed by atoms with Gasteiger partial charge in [-0.25, -0.2) is 4.98 Å². The Hall–Kier alpha value is -2.21. The van der Waals surface area contributed by atoms with Crippen LogP contribution in [0.15, 0.2) is 35.4 Å². The Morgan fingerprint density at radius 2 is 1.91 bits per heavy atom. The zero-order chi connectivity index (χ0) is 15.7. The smallest absolute Gasteiger partial charge is 0.255 e. The summed E-state index contributed by atoms with van der Waals surface area (Å²) in [4.78, 5) is 25.6. The normalized spacial score (nSPS) is 19.4. The molecule has 0 aliphatic carbocycles. The average molecular weight is 299 g/mol. The lowest BCUT2D eigenvalue weighted by Gasteiger charge is -2.39. The van der Waals surface area contributed by atoms with Crippen LogP contribution in [0.1, 0.15) is 6.92 Å². The summed E-state index contributed by atoms with van der Waals surface area (Å²) in [6.45, 7) is 4.98.